The molecule has 0 radical (unpaired) electrons. The maximum atomic E-state index is 11.3. The normalized spacial score (nSPS) is 16.2. The van der Waals surface area contributed by atoms with Crippen molar-refractivity contribution < 1.29 is 24.5 Å². The predicted molar refractivity (Wildman–Crippen MR) is 92.7 cm³/mol. The van der Waals surface area contributed by atoms with E-state index in [1.54, 1.807) is 24.3 Å². The lowest BCUT2D eigenvalue weighted by Crippen LogP contribution is -2.32. The molecule has 3 aromatic rings. The topological polar surface area (TPSA) is 91.8 Å². The van der Waals surface area contributed by atoms with Crippen LogP contribution in [0.25, 0.3) is 22.0 Å². The summed E-state index contributed by atoms with van der Waals surface area (Å²) in [6.45, 7) is 0.149. The fourth-order valence-corrected chi connectivity index (χ4v) is 3.19. The number of H-pyrrole nitrogens is 1. The van der Waals surface area contributed by atoms with Crippen LogP contribution in [-0.4, -0.2) is 40.5 Å². The van der Waals surface area contributed by atoms with Crippen molar-refractivity contribution in [3.05, 3.63) is 47.1 Å². The Labute approximate surface area is 147 Å². The number of aromatic carboxylic acids is 1. The Hall–Kier alpha value is -2.70. The Bertz CT molecular complexity index is 981. The molecule has 0 saturated carbocycles. The summed E-state index contributed by atoms with van der Waals surface area (Å²) in [5, 5.41) is 19.5. The lowest BCUT2D eigenvalue weighted by atomic mass is 10.0. The number of aromatic amines is 1. The summed E-state index contributed by atoms with van der Waals surface area (Å²) in [6.07, 6.45) is 1.07. The maximum absolute atomic E-state index is 11.3. The Morgan fingerprint density at radius 2 is 2.12 bits per heavy atom. The number of hydrogen-bond donors (Lipinski definition) is 3. The Balaban J connectivity index is 1.80. The number of carbonyl (C=O) groups is 1. The van der Waals surface area contributed by atoms with E-state index >= 15 is 0 Å². The molecule has 3 N–H and O–H groups in total. The third-order valence-electron chi connectivity index (χ3n) is 4.18. The first-order chi connectivity index (χ1) is 12.1. The fourth-order valence-electron chi connectivity index (χ4n) is 2.91. The molecule has 25 heavy (non-hydrogen) atoms. The average Bonchev–Trinajstić information content (AvgIpc) is 3.03. The molecule has 128 valence electrons. The van der Waals surface area contributed by atoms with Gasteiger partial charge < -0.3 is 24.7 Å². The molecule has 4 rings (SSSR count). The summed E-state index contributed by atoms with van der Waals surface area (Å²) in [6, 6.07) is 8.82. The standard InChI is InChI=1S/C18H14ClNO5/c19-14-5-15-12(13(6-20-15)18(22)23)4-11(14)9-1-2-16-17(3-9)24-8-10(7-21)25-16/h1-6,10,20-21H,7-8H2,(H,22,23)/t10-/m1/s1. The van der Waals surface area contributed by atoms with Crippen molar-refractivity contribution in [2.75, 3.05) is 13.2 Å². The summed E-state index contributed by atoms with van der Waals surface area (Å²) in [7, 11) is 0. The van der Waals surface area contributed by atoms with E-state index in [0.29, 0.717) is 33.0 Å². The third kappa shape index (κ3) is 2.69. The zero-order valence-electron chi connectivity index (χ0n) is 13.0. The molecule has 0 fully saturated rings. The van der Waals surface area contributed by atoms with E-state index in [-0.39, 0.29) is 24.9 Å². The van der Waals surface area contributed by atoms with Gasteiger partial charge in [-0.25, -0.2) is 4.79 Å². The van der Waals surface area contributed by atoms with Gasteiger partial charge in [-0.3, -0.25) is 0 Å². The molecular formula is C18H14ClNO5. The molecular weight excluding hydrogens is 346 g/mol. The largest absolute Gasteiger partial charge is 0.486 e. The van der Waals surface area contributed by atoms with Gasteiger partial charge in [0.1, 0.15) is 6.61 Å². The SMILES string of the molecule is O=C(O)c1c[nH]c2cc(Cl)c(-c3ccc4c(c3)OC[C@@H](CO)O4)cc12. The van der Waals surface area contributed by atoms with Crippen LogP contribution in [0.1, 0.15) is 10.4 Å². The molecule has 1 atom stereocenters. The van der Waals surface area contributed by atoms with E-state index in [9.17, 15) is 9.90 Å². The molecule has 6 nitrogen and oxygen atoms in total. The fraction of sp³-hybridized carbons (Fsp3) is 0.167. The van der Waals surface area contributed by atoms with Crippen LogP contribution in [0, 0.1) is 0 Å². The molecule has 2 heterocycles. The second-order valence-corrected chi connectivity index (χ2v) is 6.19. The zero-order chi connectivity index (χ0) is 17.6. The van der Waals surface area contributed by atoms with Crippen LogP contribution in [0.5, 0.6) is 11.5 Å². The van der Waals surface area contributed by atoms with Gasteiger partial charge in [0, 0.05) is 22.7 Å². The average molecular weight is 360 g/mol. The first kappa shape index (κ1) is 15.8. The van der Waals surface area contributed by atoms with Crippen LogP contribution in [0.4, 0.5) is 0 Å². The predicted octanol–water partition coefficient (Wildman–Crippen LogP) is 3.32. The monoisotopic (exact) mass is 359 g/mol. The summed E-state index contributed by atoms with van der Waals surface area (Å²) in [4.78, 5) is 14.3. The summed E-state index contributed by atoms with van der Waals surface area (Å²) in [5.74, 6) is 0.113. The number of fused-ring (bicyclic) bond motifs is 2. The van der Waals surface area contributed by atoms with Gasteiger partial charge in [0.05, 0.1) is 17.2 Å². The number of aliphatic hydroxyl groups is 1. The second-order valence-electron chi connectivity index (χ2n) is 5.78. The Morgan fingerprint density at radius 3 is 2.88 bits per heavy atom. The molecule has 1 aliphatic rings. The van der Waals surface area contributed by atoms with Crippen molar-refractivity contribution in [1.82, 2.24) is 4.98 Å². The molecule has 0 spiro atoms. The van der Waals surface area contributed by atoms with Crippen molar-refractivity contribution in [2.45, 2.75) is 6.10 Å². The number of ether oxygens (including phenoxy) is 2. The molecule has 0 bridgehead atoms. The van der Waals surface area contributed by atoms with Gasteiger partial charge in [0.25, 0.3) is 0 Å². The highest BCUT2D eigenvalue weighted by molar-refractivity contribution is 6.34. The van der Waals surface area contributed by atoms with Crippen LogP contribution < -0.4 is 9.47 Å². The van der Waals surface area contributed by atoms with Gasteiger partial charge in [-0.1, -0.05) is 17.7 Å². The first-order valence-electron chi connectivity index (χ1n) is 7.65. The van der Waals surface area contributed by atoms with Crippen molar-refractivity contribution in [3.8, 4) is 22.6 Å². The number of benzene rings is 2. The molecule has 2 aromatic carbocycles. The Kier molecular flexibility index (Phi) is 3.78. The quantitative estimate of drug-likeness (QED) is 0.667. The van der Waals surface area contributed by atoms with E-state index < -0.39 is 5.97 Å². The van der Waals surface area contributed by atoms with Crippen molar-refractivity contribution >= 4 is 28.5 Å². The Morgan fingerprint density at radius 1 is 1.28 bits per heavy atom. The minimum atomic E-state index is -1.00. The van der Waals surface area contributed by atoms with Crippen LogP contribution in [0.2, 0.25) is 5.02 Å². The molecule has 0 unspecified atom stereocenters. The third-order valence-corrected chi connectivity index (χ3v) is 4.49. The number of aromatic nitrogens is 1. The first-order valence-corrected chi connectivity index (χ1v) is 8.03. The highest BCUT2D eigenvalue weighted by atomic mass is 35.5. The number of carboxylic acid groups (broad SMARTS) is 1. The van der Waals surface area contributed by atoms with E-state index in [0.717, 1.165) is 5.56 Å². The summed E-state index contributed by atoms with van der Waals surface area (Å²) < 4.78 is 11.3. The van der Waals surface area contributed by atoms with E-state index in [1.165, 1.54) is 6.20 Å². The number of nitrogens with one attached hydrogen (secondary N) is 1. The van der Waals surface area contributed by atoms with Gasteiger partial charge in [0.2, 0.25) is 0 Å². The number of carboxylic acids is 1. The van der Waals surface area contributed by atoms with Crippen LogP contribution in [0.15, 0.2) is 36.5 Å². The minimum Gasteiger partial charge on any atom is -0.486 e. The second kappa shape index (κ2) is 5.98. The van der Waals surface area contributed by atoms with Gasteiger partial charge >= 0.3 is 5.97 Å². The number of halogens is 1. The van der Waals surface area contributed by atoms with Gasteiger partial charge in [-0.2, -0.15) is 0 Å². The number of hydrogen-bond acceptors (Lipinski definition) is 4. The number of aliphatic hydroxyl groups excluding tert-OH is 1. The lowest BCUT2D eigenvalue weighted by Gasteiger charge is -2.25. The van der Waals surface area contributed by atoms with Gasteiger partial charge in [0.15, 0.2) is 17.6 Å². The van der Waals surface area contributed by atoms with Crippen LogP contribution in [0.3, 0.4) is 0 Å². The van der Waals surface area contributed by atoms with Gasteiger partial charge in [-0.05, 0) is 29.8 Å². The van der Waals surface area contributed by atoms with Crippen molar-refractivity contribution in [2.24, 2.45) is 0 Å². The van der Waals surface area contributed by atoms with Crippen LogP contribution >= 0.6 is 11.6 Å². The highest BCUT2D eigenvalue weighted by Crippen LogP contribution is 2.39. The maximum Gasteiger partial charge on any atom is 0.337 e. The van der Waals surface area contributed by atoms with Crippen molar-refractivity contribution in [3.63, 3.8) is 0 Å². The van der Waals surface area contributed by atoms with Crippen molar-refractivity contribution in [1.29, 1.82) is 0 Å². The van der Waals surface area contributed by atoms with E-state index in [1.807, 2.05) is 6.07 Å². The molecule has 0 saturated heterocycles. The smallest absolute Gasteiger partial charge is 0.337 e. The van der Waals surface area contributed by atoms with Gasteiger partial charge in [-0.15, -0.1) is 0 Å². The molecule has 0 amide bonds. The molecule has 1 aromatic heterocycles. The number of rotatable bonds is 3. The van der Waals surface area contributed by atoms with E-state index in [2.05, 4.69) is 4.98 Å². The lowest BCUT2D eigenvalue weighted by molar-refractivity contribution is 0.0457. The summed E-state index contributed by atoms with van der Waals surface area (Å²) >= 11 is 6.38. The van der Waals surface area contributed by atoms with Crippen LogP contribution in [-0.2, 0) is 0 Å². The highest BCUT2D eigenvalue weighted by Gasteiger charge is 2.21. The molecule has 1 aliphatic heterocycles. The summed E-state index contributed by atoms with van der Waals surface area (Å²) in [5.41, 5.74) is 2.34. The molecule has 0 aliphatic carbocycles. The molecule has 7 heteroatoms. The zero-order valence-corrected chi connectivity index (χ0v) is 13.7. The van der Waals surface area contributed by atoms with E-state index in [4.69, 9.17) is 26.2 Å². The minimum absolute atomic E-state index is 0.116.